The topological polar surface area (TPSA) is 38.1 Å². The van der Waals surface area contributed by atoms with E-state index in [0.717, 1.165) is 36.9 Å². The van der Waals surface area contributed by atoms with Crippen molar-refractivity contribution in [2.75, 3.05) is 6.54 Å². The summed E-state index contributed by atoms with van der Waals surface area (Å²) in [6.45, 7) is 7.79. The number of aromatic nitrogens is 1. The smallest absolute Gasteiger partial charge is 0.208 e. The Morgan fingerprint density at radius 3 is 2.67 bits per heavy atom. The van der Waals surface area contributed by atoms with Crippen LogP contribution in [0, 0.1) is 13.8 Å². The number of hydrogen-bond acceptors (Lipinski definition) is 3. The van der Waals surface area contributed by atoms with Crippen LogP contribution in [-0.4, -0.2) is 11.5 Å². The van der Waals surface area contributed by atoms with E-state index < -0.39 is 0 Å². The van der Waals surface area contributed by atoms with Crippen molar-refractivity contribution in [3.63, 3.8) is 0 Å². The van der Waals surface area contributed by atoms with Gasteiger partial charge in [-0.2, -0.15) is 0 Å². The third kappa shape index (κ3) is 2.34. The summed E-state index contributed by atoms with van der Waals surface area (Å²) in [6.07, 6.45) is 1.14. The molecule has 0 saturated heterocycles. The summed E-state index contributed by atoms with van der Waals surface area (Å²) in [4.78, 5) is 4.25. The van der Waals surface area contributed by atoms with Gasteiger partial charge in [0.2, 0.25) is 5.89 Å². The molecule has 3 heteroatoms. The predicted molar refractivity (Wildman–Crippen MR) is 48.0 cm³/mol. The van der Waals surface area contributed by atoms with Crippen molar-refractivity contribution in [2.24, 2.45) is 0 Å². The molecule has 1 aromatic heterocycles. The van der Waals surface area contributed by atoms with Crippen LogP contribution in [0.15, 0.2) is 4.42 Å². The number of hydrogen-bond donors (Lipinski definition) is 1. The minimum atomic E-state index is 0.739. The van der Waals surface area contributed by atoms with Crippen molar-refractivity contribution in [1.29, 1.82) is 0 Å². The first-order chi connectivity index (χ1) is 5.74. The number of rotatable bonds is 4. The van der Waals surface area contributed by atoms with Gasteiger partial charge in [0.25, 0.3) is 0 Å². The van der Waals surface area contributed by atoms with Crippen LogP contribution in [0.1, 0.15) is 30.7 Å². The van der Waals surface area contributed by atoms with Crippen LogP contribution in [0.4, 0.5) is 0 Å². The standard InChI is InChI=1S/C9H16N2O/c1-4-5-10-6-9-11-7(2)8(3)12-9/h10H,4-6H2,1-3H3. The maximum Gasteiger partial charge on any atom is 0.208 e. The SMILES string of the molecule is CCCNCc1nc(C)c(C)o1. The average molecular weight is 168 g/mol. The normalized spacial score (nSPS) is 10.6. The van der Waals surface area contributed by atoms with E-state index in [9.17, 15) is 0 Å². The van der Waals surface area contributed by atoms with Crippen LogP contribution in [0.2, 0.25) is 0 Å². The van der Waals surface area contributed by atoms with Gasteiger partial charge in [0.1, 0.15) is 5.76 Å². The summed E-state index contributed by atoms with van der Waals surface area (Å²) >= 11 is 0. The van der Waals surface area contributed by atoms with Gasteiger partial charge in [-0.15, -0.1) is 0 Å². The van der Waals surface area contributed by atoms with Crippen LogP contribution >= 0.6 is 0 Å². The van der Waals surface area contributed by atoms with Crippen LogP contribution in [0.25, 0.3) is 0 Å². The van der Waals surface area contributed by atoms with Crippen LogP contribution < -0.4 is 5.32 Å². The second kappa shape index (κ2) is 4.26. The van der Waals surface area contributed by atoms with Gasteiger partial charge in [-0.25, -0.2) is 4.98 Å². The number of aryl methyl sites for hydroxylation is 2. The average Bonchev–Trinajstić information content (AvgIpc) is 2.32. The van der Waals surface area contributed by atoms with Gasteiger partial charge in [0, 0.05) is 0 Å². The lowest BCUT2D eigenvalue weighted by Gasteiger charge is -1.96. The maximum atomic E-state index is 5.39. The van der Waals surface area contributed by atoms with Crippen LogP contribution in [0.3, 0.4) is 0 Å². The molecule has 0 unspecified atom stereocenters. The van der Waals surface area contributed by atoms with Crippen molar-refractivity contribution < 1.29 is 4.42 Å². The third-order valence-corrected chi connectivity index (χ3v) is 1.78. The first-order valence-corrected chi connectivity index (χ1v) is 4.37. The highest BCUT2D eigenvalue weighted by molar-refractivity contribution is 5.04. The molecular weight excluding hydrogens is 152 g/mol. The molecule has 0 aromatic carbocycles. The van der Waals surface area contributed by atoms with Crippen molar-refractivity contribution in [3.8, 4) is 0 Å². The molecule has 0 saturated carbocycles. The van der Waals surface area contributed by atoms with E-state index in [4.69, 9.17) is 4.42 Å². The molecular formula is C9H16N2O. The first-order valence-electron chi connectivity index (χ1n) is 4.37. The van der Waals surface area contributed by atoms with Gasteiger partial charge in [0.15, 0.2) is 0 Å². The summed E-state index contributed by atoms with van der Waals surface area (Å²) in [5.74, 6) is 1.71. The summed E-state index contributed by atoms with van der Waals surface area (Å²) in [5, 5.41) is 3.24. The first kappa shape index (κ1) is 9.26. The second-order valence-corrected chi connectivity index (χ2v) is 2.93. The van der Waals surface area contributed by atoms with Crippen molar-refractivity contribution in [3.05, 3.63) is 17.3 Å². The monoisotopic (exact) mass is 168 g/mol. The molecule has 0 aliphatic carbocycles. The lowest BCUT2D eigenvalue weighted by molar-refractivity contribution is 0.449. The highest BCUT2D eigenvalue weighted by Crippen LogP contribution is 2.07. The Hall–Kier alpha value is -0.830. The molecule has 0 fully saturated rings. The highest BCUT2D eigenvalue weighted by atomic mass is 16.4. The molecule has 0 bridgehead atoms. The molecule has 0 spiro atoms. The summed E-state index contributed by atoms with van der Waals surface area (Å²) in [5.41, 5.74) is 0.989. The van der Waals surface area contributed by atoms with Crippen molar-refractivity contribution >= 4 is 0 Å². The molecule has 1 aromatic rings. The van der Waals surface area contributed by atoms with Crippen molar-refractivity contribution in [2.45, 2.75) is 33.7 Å². The van der Waals surface area contributed by atoms with Gasteiger partial charge >= 0.3 is 0 Å². The summed E-state index contributed by atoms with van der Waals surface area (Å²) in [6, 6.07) is 0. The van der Waals surface area contributed by atoms with E-state index in [1.54, 1.807) is 0 Å². The second-order valence-electron chi connectivity index (χ2n) is 2.93. The minimum absolute atomic E-state index is 0.739. The van der Waals surface area contributed by atoms with Gasteiger partial charge in [-0.05, 0) is 26.8 Å². The molecule has 1 N–H and O–H groups in total. The number of nitrogens with one attached hydrogen (secondary N) is 1. The molecule has 3 nitrogen and oxygen atoms in total. The van der Waals surface area contributed by atoms with Gasteiger partial charge in [0.05, 0.1) is 12.2 Å². The Morgan fingerprint density at radius 1 is 1.42 bits per heavy atom. The maximum absolute atomic E-state index is 5.39. The van der Waals surface area contributed by atoms with Gasteiger partial charge in [-0.1, -0.05) is 6.92 Å². The number of nitrogens with zero attached hydrogens (tertiary/aromatic N) is 1. The summed E-state index contributed by atoms with van der Waals surface area (Å²) < 4.78 is 5.39. The van der Waals surface area contributed by atoms with Crippen LogP contribution in [-0.2, 0) is 6.54 Å². The van der Waals surface area contributed by atoms with E-state index in [-0.39, 0.29) is 0 Å². The molecule has 1 heterocycles. The molecule has 0 atom stereocenters. The van der Waals surface area contributed by atoms with E-state index in [1.165, 1.54) is 0 Å². The third-order valence-electron chi connectivity index (χ3n) is 1.78. The zero-order chi connectivity index (χ0) is 8.97. The predicted octanol–water partition coefficient (Wildman–Crippen LogP) is 1.79. The lowest BCUT2D eigenvalue weighted by atomic mass is 10.4. The Kier molecular flexibility index (Phi) is 3.29. The van der Waals surface area contributed by atoms with Crippen molar-refractivity contribution in [1.82, 2.24) is 10.3 Å². The quantitative estimate of drug-likeness (QED) is 0.696. The molecule has 1 rings (SSSR count). The fourth-order valence-electron chi connectivity index (χ4n) is 0.987. The Bertz CT molecular complexity index is 223. The van der Waals surface area contributed by atoms with E-state index in [2.05, 4.69) is 17.2 Å². The number of oxazole rings is 1. The van der Waals surface area contributed by atoms with Gasteiger partial charge in [-0.3, -0.25) is 0 Å². The molecule has 0 aliphatic heterocycles. The fourth-order valence-corrected chi connectivity index (χ4v) is 0.987. The molecule has 12 heavy (non-hydrogen) atoms. The minimum Gasteiger partial charge on any atom is -0.444 e. The molecule has 68 valence electrons. The zero-order valence-corrected chi connectivity index (χ0v) is 7.98. The van der Waals surface area contributed by atoms with Gasteiger partial charge < -0.3 is 9.73 Å². The summed E-state index contributed by atoms with van der Waals surface area (Å²) in [7, 11) is 0. The van der Waals surface area contributed by atoms with Crippen LogP contribution in [0.5, 0.6) is 0 Å². The Morgan fingerprint density at radius 2 is 2.17 bits per heavy atom. The fraction of sp³-hybridized carbons (Fsp3) is 0.667. The molecule has 0 amide bonds. The zero-order valence-electron chi connectivity index (χ0n) is 7.98. The highest BCUT2D eigenvalue weighted by Gasteiger charge is 2.03. The molecule has 0 radical (unpaired) electrons. The lowest BCUT2D eigenvalue weighted by Crippen LogP contribution is -2.13. The molecule has 0 aliphatic rings. The van der Waals surface area contributed by atoms with E-state index >= 15 is 0 Å². The Balaban J connectivity index is 2.42. The Labute approximate surface area is 73.2 Å². The largest absolute Gasteiger partial charge is 0.444 e. The van der Waals surface area contributed by atoms with E-state index in [1.807, 2.05) is 13.8 Å². The van der Waals surface area contributed by atoms with E-state index in [0.29, 0.717) is 0 Å².